The van der Waals surface area contributed by atoms with Gasteiger partial charge in [-0.1, -0.05) is 127 Å². The lowest BCUT2D eigenvalue weighted by Crippen LogP contribution is -2.00. The van der Waals surface area contributed by atoms with E-state index in [1.807, 2.05) is 59.1 Å². The fourth-order valence-electron chi connectivity index (χ4n) is 8.45. The molecule has 0 saturated carbocycles. The van der Waals surface area contributed by atoms with Crippen LogP contribution >= 0.6 is 22.7 Å². The molecule has 6 heteroatoms. The molecule has 12 aromatic rings. The Morgan fingerprint density at radius 2 is 0.877 bits per heavy atom. The molecule has 0 atom stereocenters. The molecule has 0 saturated heterocycles. The van der Waals surface area contributed by atoms with Crippen LogP contribution < -0.4 is 0 Å². The van der Waals surface area contributed by atoms with E-state index in [1.54, 1.807) is 0 Å². The minimum Gasteiger partial charge on any atom is -0.309 e. The number of aromatic nitrogens is 4. The standard InChI is InChI=1S/C51H30N4S2/c1-3-13-32(14-4-1)49-52-50(33-15-5-2-6-16-33)54-51(53-49)40-30-34(29-39-47-45(57-48(39)40)28-27-44-46(47)38-19-9-12-22-43(38)56-44)31-23-25-35(26-24-31)55-41-20-10-7-17-36(41)37-18-8-11-21-42(37)55/h1-30H. The Labute approximate surface area is 335 Å². The highest BCUT2D eigenvalue weighted by atomic mass is 32.1. The molecule has 0 amide bonds. The highest BCUT2D eigenvalue weighted by Gasteiger charge is 2.21. The molecule has 0 aliphatic heterocycles. The highest BCUT2D eigenvalue weighted by Crippen LogP contribution is 2.48. The van der Waals surface area contributed by atoms with Crippen molar-refractivity contribution in [1.82, 2.24) is 19.5 Å². The zero-order chi connectivity index (χ0) is 37.5. The summed E-state index contributed by atoms with van der Waals surface area (Å²) in [6.45, 7) is 0. The molecule has 266 valence electrons. The molecule has 0 fully saturated rings. The van der Waals surface area contributed by atoms with Crippen LogP contribution in [0, 0.1) is 0 Å². The zero-order valence-corrected chi connectivity index (χ0v) is 32.1. The summed E-state index contributed by atoms with van der Waals surface area (Å²) in [7, 11) is 0. The van der Waals surface area contributed by atoms with Crippen molar-refractivity contribution in [3.8, 4) is 51.0 Å². The van der Waals surface area contributed by atoms with Crippen molar-refractivity contribution in [1.29, 1.82) is 0 Å². The van der Waals surface area contributed by atoms with E-state index in [2.05, 4.69) is 150 Å². The molecule has 8 aromatic carbocycles. The Morgan fingerprint density at radius 3 is 1.53 bits per heavy atom. The first-order valence-electron chi connectivity index (χ1n) is 19.0. The molecule has 4 heterocycles. The molecule has 12 rings (SSSR count). The number of fused-ring (bicyclic) bond motifs is 10. The van der Waals surface area contributed by atoms with Crippen LogP contribution in [0.25, 0.3) is 113 Å². The van der Waals surface area contributed by atoms with Gasteiger partial charge in [0.1, 0.15) is 0 Å². The van der Waals surface area contributed by atoms with Crippen molar-refractivity contribution in [3.63, 3.8) is 0 Å². The van der Waals surface area contributed by atoms with Gasteiger partial charge in [-0.15, -0.1) is 22.7 Å². The minimum atomic E-state index is 0.654. The molecule has 0 N–H and O–H groups in total. The predicted octanol–water partition coefficient (Wildman–Crippen LogP) is 14.4. The Hall–Kier alpha value is -6.99. The summed E-state index contributed by atoms with van der Waals surface area (Å²) < 4.78 is 7.39. The quantitative estimate of drug-likeness (QED) is 0.175. The summed E-state index contributed by atoms with van der Waals surface area (Å²) in [5, 5.41) is 7.62. The Bertz CT molecular complexity index is 3400. The van der Waals surface area contributed by atoms with Gasteiger partial charge in [-0.05, 0) is 65.7 Å². The summed E-state index contributed by atoms with van der Waals surface area (Å²) in [5.41, 5.74) is 8.68. The van der Waals surface area contributed by atoms with Crippen molar-refractivity contribution < 1.29 is 0 Å². The largest absolute Gasteiger partial charge is 0.309 e. The second kappa shape index (κ2) is 12.8. The molecule has 0 unspecified atom stereocenters. The first kappa shape index (κ1) is 32.3. The van der Waals surface area contributed by atoms with Gasteiger partial charge in [-0.3, -0.25) is 0 Å². The van der Waals surface area contributed by atoms with Crippen molar-refractivity contribution >= 4 is 84.8 Å². The van der Waals surface area contributed by atoms with Gasteiger partial charge in [0.15, 0.2) is 17.5 Å². The predicted molar refractivity (Wildman–Crippen MR) is 242 cm³/mol. The van der Waals surface area contributed by atoms with Crippen LogP contribution in [-0.4, -0.2) is 19.5 Å². The average molecular weight is 763 g/mol. The number of rotatable bonds is 5. The van der Waals surface area contributed by atoms with Gasteiger partial charge in [0, 0.05) is 73.5 Å². The zero-order valence-electron chi connectivity index (χ0n) is 30.4. The molecule has 0 spiro atoms. The maximum Gasteiger partial charge on any atom is 0.165 e. The maximum absolute atomic E-state index is 5.25. The number of benzene rings is 8. The van der Waals surface area contributed by atoms with Gasteiger partial charge in [-0.25, -0.2) is 15.0 Å². The minimum absolute atomic E-state index is 0.654. The van der Waals surface area contributed by atoms with Crippen LogP contribution in [0.15, 0.2) is 182 Å². The number of nitrogens with zero attached hydrogens (tertiary/aromatic N) is 4. The first-order valence-corrected chi connectivity index (χ1v) is 20.7. The second-order valence-electron chi connectivity index (χ2n) is 14.4. The van der Waals surface area contributed by atoms with Crippen molar-refractivity contribution in [2.45, 2.75) is 0 Å². The van der Waals surface area contributed by atoms with E-state index in [-0.39, 0.29) is 0 Å². The number of thiophene rings is 2. The Kier molecular flexibility index (Phi) is 7.24. The van der Waals surface area contributed by atoms with E-state index in [4.69, 9.17) is 15.0 Å². The summed E-state index contributed by atoms with van der Waals surface area (Å²) in [6.07, 6.45) is 0. The van der Waals surface area contributed by atoms with Crippen molar-refractivity contribution in [2.75, 3.05) is 0 Å². The topological polar surface area (TPSA) is 43.6 Å². The van der Waals surface area contributed by atoms with E-state index >= 15 is 0 Å². The lowest BCUT2D eigenvalue weighted by atomic mass is 9.97. The smallest absolute Gasteiger partial charge is 0.165 e. The highest BCUT2D eigenvalue weighted by molar-refractivity contribution is 7.28. The summed E-state index contributed by atoms with van der Waals surface area (Å²) in [6, 6.07) is 64.8. The van der Waals surface area contributed by atoms with E-state index in [0.29, 0.717) is 17.5 Å². The van der Waals surface area contributed by atoms with Crippen LogP contribution in [0.2, 0.25) is 0 Å². The first-order chi connectivity index (χ1) is 28.2. The summed E-state index contributed by atoms with van der Waals surface area (Å²) >= 11 is 3.68. The SMILES string of the molecule is c1ccc(-c2nc(-c3ccccc3)nc(-c3cc(-c4ccc(-n5c6ccccc6c6ccccc65)cc4)cc4c3sc3ccc5sc6ccccc6c5c34)n2)cc1. The van der Waals surface area contributed by atoms with E-state index < -0.39 is 0 Å². The van der Waals surface area contributed by atoms with Gasteiger partial charge < -0.3 is 4.57 Å². The Morgan fingerprint density at radius 1 is 0.351 bits per heavy atom. The van der Waals surface area contributed by atoms with Gasteiger partial charge in [0.25, 0.3) is 0 Å². The normalized spacial score (nSPS) is 11.9. The Balaban J connectivity index is 1.12. The average Bonchev–Trinajstić information content (AvgIpc) is 3.96. The third kappa shape index (κ3) is 5.15. The number of hydrogen-bond donors (Lipinski definition) is 0. The summed E-state index contributed by atoms with van der Waals surface area (Å²) in [4.78, 5) is 15.5. The van der Waals surface area contributed by atoms with Crippen LogP contribution in [0.5, 0.6) is 0 Å². The van der Waals surface area contributed by atoms with Crippen LogP contribution in [0.3, 0.4) is 0 Å². The molecule has 0 aliphatic carbocycles. The molecule has 4 aromatic heterocycles. The van der Waals surface area contributed by atoms with Gasteiger partial charge in [0.05, 0.1) is 11.0 Å². The molecule has 57 heavy (non-hydrogen) atoms. The van der Waals surface area contributed by atoms with E-state index in [0.717, 1.165) is 33.5 Å². The fourth-order valence-corrected chi connectivity index (χ4v) is 10.8. The molecular weight excluding hydrogens is 733 g/mol. The van der Waals surface area contributed by atoms with Crippen molar-refractivity contribution in [2.24, 2.45) is 0 Å². The fraction of sp³-hybridized carbons (Fsp3) is 0. The van der Waals surface area contributed by atoms with Crippen LogP contribution in [0.4, 0.5) is 0 Å². The number of para-hydroxylation sites is 2. The third-order valence-electron chi connectivity index (χ3n) is 11.1. The third-order valence-corrected chi connectivity index (χ3v) is 13.4. The van der Waals surface area contributed by atoms with Gasteiger partial charge in [0.2, 0.25) is 0 Å². The maximum atomic E-state index is 5.25. The number of hydrogen-bond acceptors (Lipinski definition) is 5. The summed E-state index contributed by atoms with van der Waals surface area (Å²) in [5.74, 6) is 1.97. The van der Waals surface area contributed by atoms with E-state index in [9.17, 15) is 0 Å². The van der Waals surface area contributed by atoms with Gasteiger partial charge >= 0.3 is 0 Å². The van der Waals surface area contributed by atoms with Crippen LogP contribution in [-0.2, 0) is 0 Å². The second-order valence-corrected chi connectivity index (χ2v) is 16.5. The van der Waals surface area contributed by atoms with Crippen molar-refractivity contribution in [3.05, 3.63) is 182 Å². The lowest BCUT2D eigenvalue weighted by molar-refractivity contribution is 1.08. The van der Waals surface area contributed by atoms with E-state index in [1.165, 1.54) is 62.2 Å². The monoisotopic (exact) mass is 762 g/mol. The molecular formula is C51H30N4S2. The lowest BCUT2D eigenvalue weighted by Gasteiger charge is -2.12. The molecule has 0 radical (unpaired) electrons. The molecule has 0 aliphatic rings. The van der Waals surface area contributed by atoms with Gasteiger partial charge in [-0.2, -0.15) is 0 Å². The van der Waals surface area contributed by atoms with Crippen LogP contribution in [0.1, 0.15) is 0 Å². The molecule has 0 bridgehead atoms. The molecule has 4 nitrogen and oxygen atoms in total.